The van der Waals surface area contributed by atoms with Crippen LogP contribution in [-0.2, 0) is 16.3 Å². The summed E-state index contributed by atoms with van der Waals surface area (Å²) in [6.45, 7) is 0. The first kappa shape index (κ1) is 14.7. The maximum atomic E-state index is 11.1. The SMILES string of the molecule is CNC(CCS(C)(=O)=O)Cc1ccccc1Br. The van der Waals surface area contributed by atoms with E-state index in [1.54, 1.807) is 0 Å². The van der Waals surface area contributed by atoms with E-state index in [1.807, 2.05) is 25.2 Å². The van der Waals surface area contributed by atoms with Gasteiger partial charge in [0, 0.05) is 16.8 Å². The first-order chi connectivity index (χ1) is 7.92. The van der Waals surface area contributed by atoms with Gasteiger partial charge in [-0.1, -0.05) is 34.1 Å². The summed E-state index contributed by atoms with van der Waals surface area (Å²) in [4.78, 5) is 0. The molecule has 5 heteroatoms. The first-order valence-electron chi connectivity index (χ1n) is 5.51. The molecule has 17 heavy (non-hydrogen) atoms. The van der Waals surface area contributed by atoms with Crippen molar-refractivity contribution < 1.29 is 8.42 Å². The lowest BCUT2D eigenvalue weighted by atomic mass is 10.0. The van der Waals surface area contributed by atoms with Gasteiger partial charge in [0.25, 0.3) is 0 Å². The van der Waals surface area contributed by atoms with Gasteiger partial charge in [-0.2, -0.15) is 0 Å². The predicted molar refractivity (Wildman–Crippen MR) is 75.0 cm³/mol. The molecule has 0 saturated carbocycles. The number of hydrogen-bond acceptors (Lipinski definition) is 3. The van der Waals surface area contributed by atoms with Crippen LogP contribution in [0.5, 0.6) is 0 Å². The number of sulfone groups is 1. The quantitative estimate of drug-likeness (QED) is 0.872. The minimum absolute atomic E-state index is 0.184. The fraction of sp³-hybridized carbons (Fsp3) is 0.500. The summed E-state index contributed by atoms with van der Waals surface area (Å²) in [7, 11) is -1.02. The maximum Gasteiger partial charge on any atom is 0.147 e. The fourth-order valence-electron chi connectivity index (χ4n) is 1.63. The van der Waals surface area contributed by atoms with Crippen molar-refractivity contribution in [1.82, 2.24) is 5.32 Å². The van der Waals surface area contributed by atoms with Gasteiger partial charge in [-0.25, -0.2) is 8.42 Å². The smallest absolute Gasteiger partial charge is 0.147 e. The maximum absolute atomic E-state index is 11.1. The molecule has 0 aliphatic rings. The number of benzene rings is 1. The molecule has 1 aromatic rings. The van der Waals surface area contributed by atoms with E-state index in [-0.39, 0.29) is 11.8 Å². The van der Waals surface area contributed by atoms with E-state index >= 15 is 0 Å². The second-order valence-electron chi connectivity index (χ2n) is 4.20. The van der Waals surface area contributed by atoms with Crippen LogP contribution >= 0.6 is 15.9 Å². The highest BCUT2D eigenvalue weighted by Crippen LogP contribution is 2.18. The highest BCUT2D eigenvalue weighted by Gasteiger charge is 2.12. The molecule has 1 atom stereocenters. The van der Waals surface area contributed by atoms with E-state index in [2.05, 4.69) is 27.3 Å². The van der Waals surface area contributed by atoms with Crippen LogP contribution < -0.4 is 5.32 Å². The van der Waals surface area contributed by atoms with Gasteiger partial charge in [-0.05, 0) is 31.5 Å². The van der Waals surface area contributed by atoms with Gasteiger partial charge in [0.15, 0.2) is 0 Å². The van der Waals surface area contributed by atoms with Crippen molar-refractivity contribution in [3.63, 3.8) is 0 Å². The standard InChI is InChI=1S/C12H18BrNO2S/c1-14-11(7-8-17(2,15)16)9-10-5-3-4-6-12(10)13/h3-6,11,14H,7-9H2,1-2H3. The highest BCUT2D eigenvalue weighted by atomic mass is 79.9. The summed E-state index contributed by atoms with van der Waals surface area (Å²) < 4.78 is 23.3. The largest absolute Gasteiger partial charge is 0.317 e. The minimum Gasteiger partial charge on any atom is -0.317 e. The molecule has 0 fully saturated rings. The Bertz CT molecular complexity index is 459. The monoisotopic (exact) mass is 319 g/mol. The molecule has 3 nitrogen and oxygen atoms in total. The summed E-state index contributed by atoms with van der Waals surface area (Å²) in [5.41, 5.74) is 1.19. The summed E-state index contributed by atoms with van der Waals surface area (Å²) in [5.74, 6) is 0.225. The molecular formula is C12H18BrNO2S. The van der Waals surface area contributed by atoms with Crippen LogP contribution in [0.4, 0.5) is 0 Å². The minimum atomic E-state index is -2.88. The number of nitrogens with one attached hydrogen (secondary N) is 1. The molecule has 0 aliphatic carbocycles. The molecule has 0 aliphatic heterocycles. The van der Waals surface area contributed by atoms with E-state index < -0.39 is 9.84 Å². The number of halogens is 1. The van der Waals surface area contributed by atoms with Gasteiger partial charge < -0.3 is 5.32 Å². The summed E-state index contributed by atoms with van der Waals surface area (Å²) >= 11 is 3.50. The second kappa shape index (κ2) is 6.52. The molecule has 0 spiro atoms. The average molecular weight is 320 g/mol. The van der Waals surface area contributed by atoms with Gasteiger partial charge in [0.05, 0.1) is 5.75 Å². The van der Waals surface area contributed by atoms with Crippen molar-refractivity contribution >= 4 is 25.8 Å². The van der Waals surface area contributed by atoms with Gasteiger partial charge in [0.2, 0.25) is 0 Å². The Morgan fingerprint density at radius 3 is 2.53 bits per heavy atom. The molecule has 1 rings (SSSR count). The van der Waals surface area contributed by atoms with Crippen molar-refractivity contribution in [2.75, 3.05) is 19.1 Å². The van der Waals surface area contributed by atoms with Crippen molar-refractivity contribution in [2.24, 2.45) is 0 Å². The first-order valence-corrected chi connectivity index (χ1v) is 8.36. The van der Waals surface area contributed by atoms with Crippen LogP contribution in [0, 0.1) is 0 Å². The molecule has 96 valence electrons. The van der Waals surface area contributed by atoms with Gasteiger partial charge in [-0.3, -0.25) is 0 Å². The zero-order valence-electron chi connectivity index (χ0n) is 10.1. The third-order valence-electron chi connectivity index (χ3n) is 2.67. The molecule has 1 unspecified atom stereocenters. The third-order valence-corrected chi connectivity index (χ3v) is 4.42. The van der Waals surface area contributed by atoms with Gasteiger partial charge in [0.1, 0.15) is 9.84 Å². The van der Waals surface area contributed by atoms with Crippen LogP contribution in [-0.4, -0.2) is 33.5 Å². The lowest BCUT2D eigenvalue weighted by Gasteiger charge is -2.16. The Morgan fingerprint density at radius 2 is 2.00 bits per heavy atom. The summed E-state index contributed by atoms with van der Waals surface area (Å²) in [6, 6.07) is 8.19. The van der Waals surface area contributed by atoms with Crippen LogP contribution in [0.15, 0.2) is 28.7 Å². The zero-order valence-corrected chi connectivity index (χ0v) is 12.5. The third kappa shape index (κ3) is 5.66. The highest BCUT2D eigenvalue weighted by molar-refractivity contribution is 9.10. The van der Waals surface area contributed by atoms with Crippen LogP contribution in [0.2, 0.25) is 0 Å². The van der Waals surface area contributed by atoms with Gasteiger partial charge >= 0.3 is 0 Å². The molecule has 0 bridgehead atoms. The van der Waals surface area contributed by atoms with Crippen molar-refractivity contribution in [2.45, 2.75) is 18.9 Å². The fourth-order valence-corrected chi connectivity index (χ4v) is 2.79. The molecule has 0 aromatic heterocycles. The number of hydrogen-bond donors (Lipinski definition) is 1. The van der Waals surface area contributed by atoms with E-state index in [4.69, 9.17) is 0 Å². The lowest BCUT2D eigenvalue weighted by molar-refractivity contribution is 0.534. The number of rotatable bonds is 6. The van der Waals surface area contributed by atoms with E-state index in [1.165, 1.54) is 11.8 Å². The van der Waals surface area contributed by atoms with Gasteiger partial charge in [-0.15, -0.1) is 0 Å². The molecule has 0 amide bonds. The van der Waals surface area contributed by atoms with Crippen molar-refractivity contribution in [1.29, 1.82) is 0 Å². The molecule has 0 saturated heterocycles. The zero-order chi connectivity index (χ0) is 12.9. The predicted octanol–water partition coefficient (Wildman–Crippen LogP) is 2.01. The number of likely N-dealkylation sites (N-methyl/N-ethyl adjacent to an activating group) is 1. The Hall–Kier alpha value is -0.390. The van der Waals surface area contributed by atoms with Crippen LogP contribution in [0.1, 0.15) is 12.0 Å². The second-order valence-corrected chi connectivity index (χ2v) is 7.31. The summed E-state index contributed by atoms with van der Waals surface area (Å²) in [6.07, 6.45) is 2.74. The lowest BCUT2D eigenvalue weighted by Crippen LogP contribution is -2.30. The van der Waals surface area contributed by atoms with Crippen LogP contribution in [0.25, 0.3) is 0 Å². The van der Waals surface area contributed by atoms with E-state index in [0.717, 1.165) is 10.9 Å². The molecule has 1 aromatic carbocycles. The van der Waals surface area contributed by atoms with Crippen molar-refractivity contribution in [3.05, 3.63) is 34.3 Å². The Balaban J connectivity index is 2.61. The van der Waals surface area contributed by atoms with Crippen molar-refractivity contribution in [3.8, 4) is 0 Å². The normalized spacial score (nSPS) is 13.6. The van der Waals surface area contributed by atoms with E-state index in [9.17, 15) is 8.42 Å². The summed E-state index contributed by atoms with van der Waals surface area (Å²) in [5, 5.41) is 3.17. The topological polar surface area (TPSA) is 46.2 Å². The molecular weight excluding hydrogens is 302 g/mol. The molecule has 0 heterocycles. The Kier molecular flexibility index (Phi) is 5.62. The Labute approximate surface area is 112 Å². The Morgan fingerprint density at radius 1 is 1.35 bits per heavy atom. The average Bonchev–Trinajstić information content (AvgIpc) is 2.25. The molecule has 1 N–H and O–H groups in total. The van der Waals surface area contributed by atoms with E-state index in [0.29, 0.717) is 6.42 Å². The molecule has 0 radical (unpaired) electrons. The van der Waals surface area contributed by atoms with Crippen LogP contribution in [0.3, 0.4) is 0 Å².